The number of amides is 1. The Bertz CT molecular complexity index is 1220. The summed E-state index contributed by atoms with van der Waals surface area (Å²) in [6, 6.07) is 12.7. The Hall–Kier alpha value is -3.31. The zero-order chi connectivity index (χ0) is 23.6. The van der Waals surface area contributed by atoms with E-state index in [4.69, 9.17) is 0 Å². The summed E-state index contributed by atoms with van der Waals surface area (Å²) in [6.45, 7) is 0.328. The highest BCUT2D eigenvalue weighted by Gasteiger charge is 2.33. The maximum absolute atomic E-state index is 12.8. The van der Waals surface area contributed by atoms with Crippen LogP contribution in [0.15, 0.2) is 71.9 Å². The van der Waals surface area contributed by atoms with Gasteiger partial charge in [-0.25, -0.2) is 18.4 Å². The van der Waals surface area contributed by atoms with Gasteiger partial charge in [-0.2, -0.15) is 17.5 Å². The second-order valence-corrected chi connectivity index (χ2v) is 9.32. The quantitative estimate of drug-likeness (QED) is 0.577. The maximum Gasteiger partial charge on any atom is 0.416 e. The van der Waals surface area contributed by atoms with E-state index in [9.17, 15) is 26.4 Å². The Kier molecular flexibility index (Phi) is 6.17. The molecule has 0 radical (unpaired) electrons. The number of benzene rings is 2. The molecule has 11 heteroatoms. The molecule has 33 heavy (non-hydrogen) atoms. The van der Waals surface area contributed by atoms with E-state index in [-0.39, 0.29) is 42.5 Å². The number of hydrogen-bond donors (Lipinski definition) is 0. The number of halogens is 3. The summed E-state index contributed by atoms with van der Waals surface area (Å²) in [4.78, 5) is 22.5. The summed E-state index contributed by atoms with van der Waals surface area (Å²) in [5, 5.41) is 0. The average molecular weight is 476 g/mol. The Morgan fingerprint density at radius 1 is 0.848 bits per heavy atom. The predicted octanol–water partition coefficient (Wildman–Crippen LogP) is 3.31. The normalized spacial score (nSPS) is 15.4. The second kappa shape index (κ2) is 8.91. The fourth-order valence-electron chi connectivity index (χ4n) is 3.45. The van der Waals surface area contributed by atoms with Gasteiger partial charge in [0, 0.05) is 44.1 Å². The number of nitrogens with zero attached hydrogens (tertiary/aromatic N) is 4. The summed E-state index contributed by atoms with van der Waals surface area (Å²) in [7, 11) is -3.97. The Labute approximate surface area is 188 Å². The summed E-state index contributed by atoms with van der Waals surface area (Å²) < 4.78 is 64.9. The molecule has 0 N–H and O–H groups in total. The van der Waals surface area contributed by atoms with Crippen molar-refractivity contribution < 1.29 is 26.4 Å². The van der Waals surface area contributed by atoms with Crippen molar-refractivity contribution in [2.45, 2.75) is 11.1 Å². The number of sulfonamides is 1. The van der Waals surface area contributed by atoms with Crippen molar-refractivity contribution in [1.82, 2.24) is 19.2 Å². The lowest BCUT2D eigenvalue weighted by molar-refractivity contribution is -0.137. The summed E-state index contributed by atoms with van der Waals surface area (Å²) in [5.41, 5.74) is 0.185. The number of aromatic nitrogens is 2. The third-order valence-corrected chi connectivity index (χ3v) is 7.19. The van der Waals surface area contributed by atoms with Crippen LogP contribution in [0, 0.1) is 0 Å². The molecule has 1 aromatic heterocycles. The Morgan fingerprint density at radius 3 is 1.97 bits per heavy atom. The number of carbonyl (C=O) groups excluding carboxylic acids is 1. The van der Waals surface area contributed by atoms with Crippen molar-refractivity contribution in [3.8, 4) is 11.4 Å². The number of hydrogen-bond acceptors (Lipinski definition) is 5. The van der Waals surface area contributed by atoms with Crippen LogP contribution in [-0.4, -0.2) is 59.7 Å². The average Bonchev–Trinajstić information content (AvgIpc) is 2.84. The molecule has 2 aromatic carbocycles. The Balaban J connectivity index is 1.40. The molecule has 0 saturated carbocycles. The van der Waals surface area contributed by atoms with Crippen LogP contribution in [0.3, 0.4) is 0 Å². The molecule has 1 aliphatic heterocycles. The van der Waals surface area contributed by atoms with Crippen molar-refractivity contribution >= 4 is 15.9 Å². The van der Waals surface area contributed by atoms with Gasteiger partial charge < -0.3 is 4.90 Å². The third kappa shape index (κ3) is 4.88. The van der Waals surface area contributed by atoms with Crippen molar-refractivity contribution in [3.63, 3.8) is 0 Å². The first-order valence-corrected chi connectivity index (χ1v) is 11.4. The summed E-state index contributed by atoms with van der Waals surface area (Å²) >= 11 is 0. The van der Waals surface area contributed by atoms with Gasteiger partial charge in [-0.15, -0.1) is 0 Å². The van der Waals surface area contributed by atoms with Crippen LogP contribution in [0.5, 0.6) is 0 Å². The van der Waals surface area contributed by atoms with Crippen LogP contribution in [-0.2, 0) is 16.2 Å². The minimum absolute atomic E-state index is 0.0258. The smallest absolute Gasteiger partial charge is 0.336 e. The van der Waals surface area contributed by atoms with Gasteiger partial charge >= 0.3 is 6.18 Å². The maximum atomic E-state index is 12.8. The van der Waals surface area contributed by atoms with E-state index >= 15 is 0 Å². The zero-order valence-corrected chi connectivity index (χ0v) is 18.1. The summed E-state index contributed by atoms with van der Waals surface area (Å²) in [6.07, 6.45) is -1.68. The lowest BCUT2D eigenvalue weighted by Crippen LogP contribution is -2.50. The molecule has 1 aliphatic rings. The standard InChI is InChI=1S/C22H19F3N4O3S/c23-22(24,25)18-6-8-19(9-7-18)33(31,32)29-12-10-28(11-13-29)21(30)17-14-26-20(27-15-17)16-4-2-1-3-5-16/h1-9,14-15H,10-13H2. The van der Waals surface area contributed by atoms with Gasteiger partial charge in [0.1, 0.15) is 0 Å². The van der Waals surface area contributed by atoms with Crippen molar-refractivity contribution in [2.75, 3.05) is 26.2 Å². The second-order valence-electron chi connectivity index (χ2n) is 7.38. The molecule has 1 saturated heterocycles. The molecule has 1 amide bonds. The number of piperazine rings is 1. The van der Waals surface area contributed by atoms with E-state index in [0.717, 1.165) is 34.1 Å². The van der Waals surface area contributed by atoms with Gasteiger partial charge in [0.2, 0.25) is 10.0 Å². The fraction of sp³-hybridized carbons (Fsp3) is 0.227. The van der Waals surface area contributed by atoms with E-state index in [1.807, 2.05) is 30.3 Å². The third-order valence-electron chi connectivity index (χ3n) is 5.28. The van der Waals surface area contributed by atoms with Crippen LogP contribution in [0.4, 0.5) is 13.2 Å². The molecule has 1 fully saturated rings. The first kappa shape index (κ1) is 22.9. The fourth-order valence-corrected chi connectivity index (χ4v) is 4.88. The predicted molar refractivity (Wildman–Crippen MR) is 114 cm³/mol. The molecule has 0 bridgehead atoms. The number of rotatable bonds is 4. The molecule has 3 aromatic rings. The van der Waals surface area contributed by atoms with Gasteiger partial charge in [0.05, 0.1) is 16.0 Å². The monoisotopic (exact) mass is 476 g/mol. The first-order chi connectivity index (χ1) is 15.7. The molecule has 0 aliphatic carbocycles. The highest BCUT2D eigenvalue weighted by atomic mass is 32.2. The van der Waals surface area contributed by atoms with Crippen molar-refractivity contribution in [2.24, 2.45) is 0 Å². The molecule has 2 heterocycles. The highest BCUT2D eigenvalue weighted by molar-refractivity contribution is 7.89. The van der Waals surface area contributed by atoms with Crippen LogP contribution in [0.2, 0.25) is 0 Å². The molecule has 7 nitrogen and oxygen atoms in total. The minimum Gasteiger partial charge on any atom is -0.336 e. The Morgan fingerprint density at radius 2 is 1.42 bits per heavy atom. The van der Waals surface area contributed by atoms with Crippen molar-refractivity contribution in [1.29, 1.82) is 0 Å². The van der Waals surface area contributed by atoms with Gasteiger partial charge in [-0.05, 0) is 24.3 Å². The van der Waals surface area contributed by atoms with E-state index in [0.29, 0.717) is 5.82 Å². The van der Waals surface area contributed by atoms with Gasteiger partial charge in [-0.1, -0.05) is 30.3 Å². The van der Waals surface area contributed by atoms with E-state index in [2.05, 4.69) is 9.97 Å². The van der Waals surface area contributed by atoms with Crippen molar-refractivity contribution in [3.05, 3.63) is 78.1 Å². The number of alkyl halides is 3. The van der Waals surface area contributed by atoms with Crippen LogP contribution >= 0.6 is 0 Å². The van der Waals surface area contributed by atoms with Gasteiger partial charge in [0.15, 0.2) is 5.82 Å². The lowest BCUT2D eigenvalue weighted by atomic mass is 10.2. The van der Waals surface area contributed by atoms with Crippen LogP contribution in [0.1, 0.15) is 15.9 Å². The molecular formula is C22H19F3N4O3S. The molecule has 0 spiro atoms. The van der Waals surface area contributed by atoms with E-state index in [1.54, 1.807) is 0 Å². The molecule has 4 rings (SSSR count). The van der Waals surface area contributed by atoms with Gasteiger partial charge in [-0.3, -0.25) is 4.79 Å². The van der Waals surface area contributed by atoms with Gasteiger partial charge in [0.25, 0.3) is 5.91 Å². The van der Waals surface area contributed by atoms with Crippen LogP contribution in [0.25, 0.3) is 11.4 Å². The first-order valence-electron chi connectivity index (χ1n) is 10.0. The minimum atomic E-state index is -4.54. The molecule has 172 valence electrons. The van der Waals surface area contributed by atoms with Crippen LogP contribution < -0.4 is 0 Å². The molecule has 0 unspecified atom stereocenters. The van der Waals surface area contributed by atoms with E-state index in [1.165, 1.54) is 17.3 Å². The summed E-state index contributed by atoms with van der Waals surface area (Å²) in [5.74, 6) is 0.167. The molecule has 0 atom stereocenters. The lowest BCUT2D eigenvalue weighted by Gasteiger charge is -2.34. The largest absolute Gasteiger partial charge is 0.416 e. The topological polar surface area (TPSA) is 83.5 Å². The zero-order valence-electron chi connectivity index (χ0n) is 17.2. The number of carbonyl (C=O) groups is 1. The SMILES string of the molecule is O=C(c1cnc(-c2ccccc2)nc1)N1CCN(S(=O)(=O)c2ccc(C(F)(F)F)cc2)CC1. The van der Waals surface area contributed by atoms with E-state index < -0.39 is 21.8 Å². The highest BCUT2D eigenvalue weighted by Crippen LogP contribution is 2.30. The molecular weight excluding hydrogens is 457 g/mol.